The highest BCUT2D eigenvalue weighted by atomic mass is 19.1. The quantitative estimate of drug-likeness (QED) is 0.565. The highest BCUT2D eigenvalue weighted by molar-refractivity contribution is 5.81. The Hall–Kier alpha value is -3.36. The van der Waals surface area contributed by atoms with E-state index in [1.807, 2.05) is 13.8 Å². The number of likely N-dealkylation sites (N-methyl/N-ethyl adjacent to an activating group) is 1. The number of aromatic nitrogens is 4. The van der Waals surface area contributed by atoms with Crippen LogP contribution < -0.4 is 0 Å². The van der Waals surface area contributed by atoms with Gasteiger partial charge < -0.3 is 9.64 Å². The van der Waals surface area contributed by atoms with Gasteiger partial charge in [0.1, 0.15) is 12.1 Å². The van der Waals surface area contributed by atoms with Gasteiger partial charge in [-0.05, 0) is 38.5 Å². The van der Waals surface area contributed by atoms with E-state index in [9.17, 15) is 14.0 Å². The van der Waals surface area contributed by atoms with Gasteiger partial charge in [0, 0.05) is 30.0 Å². The smallest absolute Gasteiger partial charge is 0.310 e. The van der Waals surface area contributed by atoms with Crippen LogP contribution in [-0.2, 0) is 27.3 Å². The van der Waals surface area contributed by atoms with Crippen molar-refractivity contribution in [2.45, 2.75) is 33.7 Å². The fourth-order valence-electron chi connectivity index (χ4n) is 3.07. The Labute approximate surface area is 167 Å². The monoisotopic (exact) mass is 399 g/mol. The SMILES string of the molecule is CCN(Cc1cccc(F)c1)C(=O)COC(=O)Cc1c(C)nc2ncnn2c1C. The average Bonchev–Trinajstić information content (AvgIpc) is 3.16. The molecule has 1 aromatic carbocycles. The molecule has 8 nitrogen and oxygen atoms in total. The lowest BCUT2D eigenvalue weighted by atomic mass is 10.1. The van der Waals surface area contributed by atoms with Crippen molar-refractivity contribution in [2.75, 3.05) is 13.2 Å². The van der Waals surface area contributed by atoms with Crippen molar-refractivity contribution in [3.63, 3.8) is 0 Å². The minimum Gasteiger partial charge on any atom is -0.455 e. The molecule has 0 aliphatic rings. The van der Waals surface area contributed by atoms with Crippen LogP contribution in [0.15, 0.2) is 30.6 Å². The number of halogens is 1. The Balaban J connectivity index is 1.60. The summed E-state index contributed by atoms with van der Waals surface area (Å²) in [6.45, 7) is 5.70. The summed E-state index contributed by atoms with van der Waals surface area (Å²) in [7, 11) is 0. The van der Waals surface area contributed by atoms with E-state index in [0.717, 1.165) is 5.69 Å². The van der Waals surface area contributed by atoms with Crippen molar-refractivity contribution >= 4 is 17.7 Å². The van der Waals surface area contributed by atoms with Crippen molar-refractivity contribution in [3.8, 4) is 0 Å². The molecule has 0 fully saturated rings. The molecule has 0 saturated carbocycles. The number of hydrogen-bond donors (Lipinski definition) is 0. The highest BCUT2D eigenvalue weighted by Gasteiger charge is 2.18. The molecule has 2 aromatic heterocycles. The molecule has 0 unspecified atom stereocenters. The maximum atomic E-state index is 13.3. The minimum absolute atomic E-state index is 0.0240. The average molecular weight is 399 g/mol. The molecule has 0 bridgehead atoms. The number of carbonyl (C=O) groups excluding carboxylic acids is 2. The Kier molecular flexibility index (Phi) is 6.16. The molecule has 0 spiro atoms. The predicted molar refractivity (Wildman–Crippen MR) is 102 cm³/mol. The van der Waals surface area contributed by atoms with Gasteiger partial charge in [0.25, 0.3) is 11.7 Å². The molecule has 0 aliphatic carbocycles. The molecule has 29 heavy (non-hydrogen) atoms. The van der Waals surface area contributed by atoms with Crippen LogP contribution in [0.4, 0.5) is 4.39 Å². The maximum absolute atomic E-state index is 13.3. The van der Waals surface area contributed by atoms with E-state index in [2.05, 4.69) is 15.1 Å². The van der Waals surface area contributed by atoms with Crippen LogP contribution in [0.3, 0.4) is 0 Å². The second kappa shape index (κ2) is 8.76. The van der Waals surface area contributed by atoms with Crippen LogP contribution in [0.5, 0.6) is 0 Å². The van der Waals surface area contributed by atoms with E-state index >= 15 is 0 Å². The maximum Gasteiger partial charge on any atom is 0.310 e. The van der Waals surface area contributed by atoms with E-state index in [0.29, 0.717) is 29.1 Å². The summed E-state index contributed by atoms with van der Waals surface area (Å²) in [6.07, 6.45) is 1.37. The Morgan fingerprint density at radius 1 is 1.28 bits per heavy atom. The van der Waals surface area contributed by atoms with Crippen LogP contribution in [0.1, 0.15) is 29.4 Å². The number of carbonyl (C=O) groups is 2. The van der Waals surface area contributed by atoms with Gasteiger partial charge in [-0.1, -0.05) is 12.1 Å². The van der Waals surface area contributed by atoms with E-state index < -0.39 is 5.97 Å². The van der Waals surface area contributed by atoms with E-state index in [-0.39, 0.29) is 31.3 Å². The van der Waals surface area contributed by atoms with Crippen LogP contribution in [-0.4, -0.2) is 49.5 Å². The number of hydrogen-bond acceptors (Lipinski definition) is 6. The van der Waals surface area contributed by atoms with Crippen LogP contribution in [0.25, 0.3) is 5.78 Å². The first kappa shape index (κ1) is 20.4. The summed E-state index contributed by atoms with van der Waals surface area (Å²) in [5.41, 5.74) is 2.76. The van der Waals surface area contributed by atoms with E-state index in [1.54, 1.807) is 23.6 Å². The lowest BCUT2D eigenvalue weighted by Gasteiger charge is -2.21. The first-order chi connectivity index (χ1) is 13.9. The number of nitrogens with zero attached hydrogens (tertiary/aromatic N) is 5. The van der Waals surface area contributed by atoms with Gasteiger partial charge >= 0.3 is 5.97 Å². The molecule has 3 aromatic rings. The van der Waals surface area contributed by atoms with Crippen molar-refractivity contribution < 1.29 is 18.7 Å². The molecule has 0 N–H and O–H groups in total. The van der Waals surface area contributed by atoms with Crippen molar-refractivity contribution in [2.24, 2.45) is 0 Å². The summed E-state index contributed by atoms with van der Waals surface area (Å²) in [4.78, 5) is 34.6. The van der Waals surface area contributed by atoms with Gasteiger partial charge in [0.2, 0.25) is 0 Å². The molecule has 0 saturated heterocycles. The van der Waals surface area contributed by atoms with Crippen molar-refractivity contribution in [1.82, 2.24) is 24.5 Å². The highest BCUT2D eigenvalue weighted by Crippen LogP contribution is 2.14. The molecular weight excluding hydrogens is 377 g/mol. The van der Waals surface area contributed by atoms with E-state index in [1.165, 1.54) is 23.4 Å². The topological polar surface area (TPSA) is 89.7 Å². The Morgan fingerprint density at radius 2 is 2.07 bits per heavy atom. The van der Waals surface area contributed by atoms with Gasteiger partial charge in [0.05, 0.1) is 6.42 Å². The van der Waals surface area contributed by atoms with Crippen LogP contribution in [0, 0.1) is 19.7 Å². The molecule has 2 heterocycles. The molecule has 3 rings (SSSR count). The zero-order chi connectivity index (χ0) is 21.0. The van der Waals surface area contributed by atoms with Crippen LogP contribution >= 0.6 is 0 Å². The minimum atomic E-state index is -0.535. The molecule has 1 amide bonds. The molecular formula is C20H22FN5O3. The molecule has 9 heteroatoms. The fourth-order valence-corrected chi connectivity index (χ4v) is 3.07. The normalized spacial score (nSPS) is 10.9. The molecule has 0 atom stereocenters. The molecule has 0 radical (unpaired) electrons. The van der Waals surface area contributed by atoms with Gasteiger partial charge in [0.15, 0.2) is 6.61 Å². The third kappa shape index (κ3) is 4.74. The zero-order valence-electron chi connectivity index (χ0n) is 16.6. The lowest BCUT2D eigenvalue weighted by Crippen LogP contribution is -2.34. The predicted octanol–water partition coefficient (Wildman–Crippen LogP) is 2.01. The lowest BCUT2D eigenvalue weighted by molar-refractivity contribution is -0.151. The molecule has 152 valence electrons. The first-order valence-electron chi connectivity index (χ1n) is 9.22. The standard InChI is InChI=1S/C20H22FN5O3/c1-4-25(10-15-6-5-7-16(21)8-15)18(27)11-29-19(28)9-17-13(2)24-20-22-12-23-26(20)14(17)3/h5-8,12H,4,9-11H2,1-3H3. The van der Waals surface area contributed by atoms with Crippen LogP contribution in [0.2, 0.25) is 0 Å². The van der Waals surface area contributed by atoms with Gasteiger partial charge in [-0.15, -0.1) is 0 Å². The largest absolute Gasteiger partial charge is 0.455 e. The second-order valence-electron chi connectivity index (χ2n) is 6.61. The van der Waals surface area contributed by atoms with Gasteiger partial charge in [-0.2, -0.15) is 10.1 Å². The first-order valence-corrected chi connectivity index (χ1v) is 9.22. The summed E-state index contributed by atoms with van der Waals surface area (Å²) in [5.74, 6) is -0.777. The number of benzene rings is 1. The number of rotatable bonds is 7. The van der Waals surface area contributed by atoms with Gasteiger partial charge in [-0.25, -0.2) is 13.9 Å². The van der Waals surface area contributed by atoms with Crippen molar-refractivity contribution in [3.05, 3.63) is 58.9 Å². The number of amides is 1. The second-order valence-corrected chi connectivity index (χ2v) is 6.61. The van der Waals surface area contributed by atoms with Gasteiger partial charge in [-0.3, -0.25) is 9.59 Å². The number of aryl methyl sites for hydroxylation is 2. The number of esters is 1. The summed E-state index contributed by atoms with van der Waals surface area (Å²) in [5, 5.41) is 4.09. The van der Waals surface area contributed by atoms with Crippen molar-refractivity contribution in [1.29, 1.82) is 0 Å². The molecule has 0 aliphatic heterocycles. The fraction of sp³-hybridized carbons (Fsp3) is 0.350. The summed E-state index contributed by atoms with van der Waals surface area (Å²) >= 11 is 0. The number of ether oxygens (including phenoxy) is 1. The van der Waals surface area contributed by atoms with E-state index in [4.69, 9.17) is 4.74 Å². The Morgan fingerprint density at radius 3 is 2.79 bits per heavy atom. The summed E-state index contributed by atoms with van der Waals surface area (Å²) in [6, 6.07) is 6.05. The number of fused-ring (bicyclic) bond motifs is 1. The third-order valence-corrected chi connectivity index (χ3v) is 4.66. The Bertz CT molecular complexity index is 1050. The summed E-state index contributed by atoms with van der Waals surface area (Å²) < 4.78 is 20.1. The zero-order valence-corrected chi connectivity index (χ0v) is 16.6. The third-order valence-electron chi connectivity index (χ3n) is 4.66.